The summed E-state index contributed by atoms with van der Waals surface area (Å²) in [5, 5.41) is 10.7. The molecule has 4 nitrogen and oxygen atoms in total. The summed E-state index contributed by atoms with van der Waals surface area (Å²) in [7, 11) is 1.75. The smallest absolute Gasteiger partial charge is 0.256 e. The maximum absolute atomic E-state index is 10.7. The average Bonchev–Trinajstić information content (AvgIpc) is 2.41. The number of nitrogens with zero attached hydrogens (tertiary/aromatic N) is 2. The lowest BCUT2D eigenvalue weighted by atomic mass is 10.4. The lowest BCUT2D eigenvalue weighted by molar-refractivity contribution is -0.700. The van der Waals surface area contributed by atoms with Crippen molar-refractivity contribution in [3.63, 3.8) is 0 Å². The fourth-order valence-electron chi connectivity index (χ4n) is 1.54. The second-order valence-electron chi connectivity index (χ2n) is 2.92. The quantitative estimate of drug-likeness (QED) is 0.578. The van der Waals surface area contributed by atoms with Gasteiger partial charge in [-0.1, -0.05) is 6.92 Å². The number of imidazole rings is 1. The monoisotopic (exact) mass is 182 g/mol. The molecule has 0 aromatic carbocycles. The first-order valence-corrected chi connectivity index (χ1v) is 4.41. The van der Waals surface area contributed by atoms with Gasteiger partial charge in [-0.2, -0.15) is 0 Å². The van der Waals surface area contributed by atoms with Gasteiger partial charge in [0.15, 0.2) is 5.69 Å². The number of carboxylic acid groups (broad SMARTS) is 1. The van der Waals surface area contributed by atoms with Crippen LogP contribution in [0.15, 0.2) is 6.20 Å². The second kappa shape index (κ2) is 3.60. The molecule has 0 aliphatic carbocycles. The summed E-state index contributed by atoms with van der Waals surface area (Å²) >= 11 is 0. The van der Waals surface area contributed by atoms with Gasteiger partial charge in [-0.05, 0) is 6.92 Å². The topological polar surface area (TPSA) is 48.9 Å². The van der Waals surface area contributed by atoms with Crippen molar-refractivity contribution in [3.8, 4) is 0 Å². The van der Waals surface area contributed by atoms with E-state index in [1.54, 1.807) is 17.8 Å². The zero-order chi connectivity index (χ0) is 10.0. The highest BCUT2D eigenvalue weighted by atomic mass is 16.4. The predicted octanol–water partition coefficient (Wildman–Crippen LogP) is -0.742. The van der Waals surface area contributed by atoms with Crippen LogP contribution in [0.2, 0.25) is 0 Å². The normalized spacial score (nSPS) is 10.4. The molecule has 1 aromatic heterocycles. The first-order chi connectivity index (χ1) is 6.11. The van der Waals surface area contributed by atoms with E-state index < -0.39 is 5.97 Å². The van der Waals surface area contributed by atoms with Gasteiger partial charge in [-0.15, -0.1) is 0 Å². The third kappa shape index (κ3) is 1.56. The molecule has 1 aromatic rings. The van der Waals surface area contributed by atoms with Gasteiger partial charge >= 0.3 is 0 Å². The summed E-state index contributed by atoms with van der Waals surface area (Å²) < 4.78 is 3.59. The van der Waals surface area contributed by atoms with Crippen molar-refractivity contribution in [2.45, 2.75) is 26.8 Å². The van der Waals surface area contributed by atoms with Crippen LogP contribution in [0.4, 0.5) is 0 Å². The fourth-order valence-corrected chi connectivity index (χ4v) is 1.54. The van der Waals surface area contributed by atoms with Crippen molar-refractivity contribution in [2.24, 2.45) is 7.05 Å². The molecule has 0 amide bonds. The van der Waals surface area contributed by atoms with Crippen LogP contribution in [-0.2, 0) is 20.0 Å². The second-order valence-corrected chi connectivity index (χ2v) is 2.92. The van der Waals surface area contributed by atoms with E-state index in [0.717, 1.165) is 18.8 Å². The maximum atomic E-state index is 10.7. The van der Waals surface area contributed by atoms with E-state index in [-0.39, 0.29) is 5.69 Å². The van der Waals surface area contributed by atoms with Crippen molar-refractivity contribution in [2.75, 3.05) is 0 Å². The molecule has 0 aliphatic heterocycles. The lowest BCUT2D eigenvalue weighted by Gasteiger charge is -1.97. The largest absolute Gasteiger partial charge is 0.541 e. The summed E-state index contributed by atoms with van der Waals surface area (Å²) in [6, 6.07) is 0. The molecular formula is C9H14N2O2. The van der Waals surface area contributed by atoms with Crippen molar-refractivity contribution < 1.29 is 14.5 Å². The Morgan fingerprint density at radius 1 is 1.62 bits per heavy atom. The number of aryl methyl sites for hydroxylation is 1. The molecule has 0 unspecified atom stereocenters. The lowest BCUT2D eigenvalue weighted by Crippen LogP contribution is -2.35. The number of carbonyl (C=O) groups excluding carboxylic acids is 1. The number of aromatic carboxylic acids is 1. The van der Waals surface area contributed by atoms with E-state index >= 15 is 0 Å². The van der Waals surface area contributed by atoms with Gasteiger partial charge in [0, 0.05) is 6.42 Å². The molecule has 0 saturated carbocycles. The Balaban J connectivity index is 3.26. The Hall–Kier alpha value is -1.32. The van der Waals surface area contributed by atoms with Gasteiger partial charge in [0.25, 0.3) is 5.82 Å². The van der Waals surface area contributed by atoms with Gasteiger partial charge in [-0.3, -0.25) is 0 Å². The average molecular weight is 182 g/mol. The highest BCUT2D eigenvalue weighted by Gasteiger charge is 2.17. The zero-order valence-corrected chi connectivity index (χ0v) is 8.20. The van der Waals surface area contributed by atoms with Crippen LogP contribution in [-0.4, -0.2) is 10.5 Å². The molecule has 0 fully saturated rings. The first kappa shape index (κ1) is 9.77. The molecule has 72 valence electrons. The SMILES string of the molecule is CCc1n(C)c(C(=O)[O-])c[n+]1CC. The third-order valence-corrected chi connectivity index (χ3v) is 2.22. The molecule has 1 rings (SSSR count). The minimum absolute atomic E-state index is 0.235. The summed E-state index contributed by atoms with van der Waals surface area (Å²) in [5.74, 6) is -0.119. The summed E-state index contributed by atoms with van der Waals surface area (Å²) in [6.45, 7) is 4.77. The van der Waals surface area contributed by atoms with Crippen LogP contribution in [0, 0.1) is 0 Å². The molecule has 0 N–H and O–H groups in total. The predicted molar refractivity (Wildman–Crippen MR) is 45.0 cm³/mol. The van der Waals surface area contributed by atoms with Crippen LogP contribution in [0.5, 0.6) is 0 Å². The molecule has 1 heterocycles. The summed E-state index contributed by atoms with van der Waals surface area (Å²) in [4.78, 5) is 10.7. The van der Waals surface area contributed by atoms with Crippen LogP contribution < -0.4 is 9.67 Å². The van der Waals surface area contributed by atoms with Crippen molar-refractivity contribution in [1.29, 1.82) is 0 Å². The Labute approximate surface area is 77.4 Å². The standard InChI is InChI=1S/C9H14N2O2/c1-4-8-10(3)7(9(12)13)6-11(8)5-2/h6H,4-5H2,1-3H3. The molecule has 0 atom stereocenters. The number of carbonyl (C=O) groups is 1. The Morgan fingerprint density at radius 3 is 2.54 bits per heavy atom. The molecule has 0 saturated heterocycles. The minimum Gasteiger partial charge on any atom is -0.541 e. The van der Waals surface area contributed by atoms with Gasteiger partial charge in [0.2, 0.25) is 0 Å². The molecular weight excluding hydrogens is 168 g/mol. The number of aromatic nitrogens is 2. The molecule has 0 bridgehead atoms. The molecule has 0 aliphatic rings. The van der Waals surface area contributed by atoms with E-state index in [9.17, 15) is 9.90 Å². The molecule has 13 heavy (non-hydrogen) atoms. The van der Waals surface area contributed by atoms with Crippen LogP contribution in [0.3, 0.4) is 0 Å². The Kier molecular flexibility index (Phi) is 2.70. The van der Waals surface area contributed by atoms with Gasteiger partial charge in [-0.25, -0.2) is 9.13 Å². The van der Waals surface area contributed by atoms with Gasteiger partial charge in [0.05, 0.1) is 13.6 Å². The number of rotatable bonds is 3. The highest BCUT2D eigenvalue weighted by Crippen LogP contribution is 2.00. The highest BCUT2D eigenvalue weighted by molar-refractivity contribution is 5.83. The number of hydrogen-bond acceptors (Lipinski definition) is 2. The van der Waals surface area contributed by atoms with Crippen molar-refractivity contribution in [3.05, 3.63) is 17.7 Å². The van der Waals surface area contributed by atoms with Gasteiger partial charge < -0.3 is 9.90 Å². The number of carboxylic acids is 1. The van der Waals surface area contributed by atoms with E-state index in [2.05, 4.69) is 0 Å². The Morgan fingerprint density at radius 2 is 2.23 bits per heavy atom. The first-order valence-electron chi connectivity index (χ1n) is 4.41. The van der Waals surface area contributed by atoms with E-state index in [4.69, 9.17) is 0 Å². The van der Waals surface area contributed by atoms with E-state index in [1.165, 1.54) is 0 Å². The Bertz CT molecular complexity index is 329. The molecule has 0 radical (unpaired) electrons. The van der Waals surface area contributed by atoms with Crippen molar-refractivity contribution in [1.82, 2.24) is 4.57 Å². The molecule has 4 heteroatoms. The fraction of sp³-hybridized carbons (Fsp3) is 0.556. The van der Waals surface area contributed by atoms with E-state index in [0.29, 0.717) is 0 Å². The number of hydrogen-bond donors (Lipinski definition) is 0. The summed E-state index contributed by atoms with van der Waals surface area (Å²) in [6.07, 6.45) is 2.44. The van der Waals surface area contributed by atoms with Crippen LogP contribution in [0.1, 0.15) is 30.2 Å². The van der Waals surface area contributed by atoms with Gasteiger partial charge in [0.1, 0.15) is 12.2 Å². The zero-order valence-electron chi connectivity index (χ0n) is 8.20. The van der Waals surface area contributed by atoms with Crippen molar-refractivity contribution >= 4 is 5.97 Å². The minimum atomic E-state index is -1.12. The van der Waals surface area contributed by atoms with Crippen LogP contribution in [0.25, 0.3) is 0 Å². The van der Waals surface area contributed by atoms with E-state index in [1.807, 2.05) is 18.4 Å². The van der Waals surface area contributed by atoms with Crippen LogP contribution >= 0.6 is 0 Å². The maximum Gasteiger partial charge on any atom is 0.256 e. The summed E-state index contributed by atoms with van der Waals surface area (Å²) in [5.41, 5.74) is 0.235. The molecule has 0 spiro atoms. The third-order valence-electron chi connectivity index (χ3n) is 2.22.